The van der Waals surface area contributed by atoms with Crippen molar-refractivity contribution in [3.8, 4) is 5.75 Å². The van der Waals surface area contributed by atoms with Crippen LogP contribution in [-0.2, 0) is 14.8 Å². The van der Waals surface area contributed by atoms with E-state index in [0.717, 1.165) is 11.1 Å². The predicted molar refractivity (Wildman–Crippen MR) is 109 cm³/mol. The molecule has 0 aliphatic rings. The van der Waals surface area contributed by atoms with Crippen LogP contribution in [-0.4, -0.2) is 45.6 Å². The van der Waals surface area contributed by atoms with E-state index >= 15 is 0 Å². The molecule has 0 saturated carbocycles. The fourth-order valence-corrected chi connectivity index (χ4v) is 3.49. The summed E-state index contributed by atoms with van der Waals surface area (Å²) in [5.41, 5.74) is 2.74. The van der Waals surface area contributed by atoms with Crippen molar-refractivity contribution in [3.05, 3.63) is 59.2 Å². The van der Waals surface area contributed by atoms with Crippen LogP contribution < -0.4 is 9.57 Å². The van der Waals surface area contributed by atoms with Crippen molar-refractivity contribution in [2.45, 2.75) is 25.7 Å². The van der Waals surface area contributed by atoms with Gasteiger partial charge in [-0.3, -0.25) is 4.79 Å². The molecule has 0 unspecified atom stereocenters. The molecule has 150 valence electrons. The number of rotatable bonds is 7. The molecule has 28 heavy (non-hydrogen) atoms. The van der Waals surface area contributed by atoms with Gasteiger partial charge < -0.3 is 9.64 Å². The number of benzene rings is 2. The summed E-state index contributed by atoms with van der Waals surface area (Å²) in [6.45, 7) is 5.24. The van der Waals surface area contributed by atoms with Gasteiger partial charge in [0.15, 0.2) is 6.61 Å². The van der Waals surface area contributed by atoms with Gasteiger partial charge in [-0.25, -0.2) is 0 Å². The second-order valence-electron chi connectivity index (χ2n) is 6.66. The summed E-state index contributed by atoms with van der Waals surface area (Å²) in [6, 6.07) is 12.1. The van der Waals surface area contributed by atoms with E-state index < -0.39 is 10.0 Å². The lowest BCUT2D eigenvalue weighted by molar-refractivity contribution is -0.130. The van der Waals surface area contributed by atoms with E-state index in [-0.39, 0.29) is 17.4 Å². The Balaban J connectivity index is 2.08. The van der Waals surface area contributed by atoms with Gasteiger partial charge in [-0.05, 0) is 67.8 Å². The fraction of sp³-hybridized carbons (Fsp3) is 0.300. The average molecular weight is 404 g/mol. The van der Waals surface area contributed by atoms with Crippen molar-refractivity contribution >= 4 is 21.6 Å². The summed E-state index contributed by atoms with van der Waals surface area (Å²) < 4.78 is 30.5. The topological polar surface area (TPSA) is 88.1 Å². The molecule has 0 radical (unpaired) electrons. The molecular weight excluding hydrogens is 378 g/mol. The summed E-state index contributed by atoms with van der Waals surface area (Å²) in [6.07, 6.45) is 0. The maximum atomic E-state index is 12.5. The van der Waals surface area contributed by atoms with Gasteiger partial charge in [0.25, 0.3) is 15.9 Å². The maximum Gasteiger partial charge on any atom is 0.276 e. The molecule has 0 heterocycles. The first-order valence-electron chi connectivity index (χ1n) is 8.67. The fourth-order valence-electron chi connectivity index (χ4n) is 2.31. The van der Waals surface area contributed by atoms with Crippen LogP contribution in [0.15, 0.2) is 52.5 Å². The molecule has 8 heteroatoms. The average Bonchev–Trinajstić information content (AvgIpc) is 2.66. The SMILES string of the molecule is C/C(=N\NS(=O)(=O)c1cc(C)ccc1C)c1ccc(OCC(=O)N(C)C)cc1. The van der Waals surface area contributed by atoms with Gasteiger partial charge in [-0.1, -0.05) is 12.1 Å². The highest BCUT2D eigenvalue weighted by Crippen LogP contribution is 2.17. The minimum Gasteiger partial charge on any atom is -0.484 e. The highest BCUT2D eigenvalue weighted by atomic mass is 32.2. The quantitative estimate of drug-likeness (QED) is 0.568. The van der Waals surface area contributed by atoms with Crippen LogP contribution in [0.5, 0.6) is 5.75 Å². The van der Waals surface area contributed by atoms with E-state index in [2.05, 4.69) is 9.93 Å². The van der Waals surface area contributed by atoms with E-state index in [0.29, 0.717) is 17.0 Å². The first-order chi connectivity index (χ1) is 13.1. The number of nitrogens with zero attached hydrogens (tertiary/aromatic N) is 2. The van der Waals surface area contributed by atoms with Crippen LogP contribution in [0.2, 0.25) is 0 Å². The van der Waals surface area contributed by atoms with Crippen molar-refractivity contribution in [2.24, 2.45) is 5.10 Å². The Morgan fingerprint density at radius 3 is 2.36 bits per heavy atom. The lowest BCUT2D eigenvalue weighted by Crippen LogP contribution is -2.27. The van der Waals surface area contributed by atoms with E-state index in [1.807, 2.05) is 13.0 Å². The molecule has 1 N–H and O–H groups in total. The summed E-state index contributed by atoms with van der Waals surface area (Å²) in [4.78, 5) is 15.5. The highest BCUT2D eigenvalue weighted by molar-refractivity contribution is 7.89. The number of hydrogen-bond acceptors (Lipinski definition) is 5. The molecule has 0 aliphatic carbocycles. The Hall–Kier alpha value is -2.87. The monoisotopic (exact) mass is 403 g/mol. The minimum atomic E-state index is -3.76. The van der Waals surface area contributed by atoms with Gasteiger partial charge in [0.1, 0.15) is 5.75 Å². The largest absolute Gasteiger partial charge is 0.484 e. The third kappa shape index (κ3) is 5.56. The van der Waals surface area contributed by atoms with Crippen molar-refractivity contribution in [3.63, 3.8) is 0 Å². The summed E-state index contributed by atoms with van der Waals surface area (Å²) in [7, 11) is -0.434. The van der Waals surface area contributed by atoms with Crippen LogP contribution in [0.1, 0.15) is 23.6 Å². The number of likely N-dealkylation sites (N-methyl/N-ethyl adjacent to an activating group) is 1. The molecule has 0 bridgehead atoms. The lowest BCUT2D eigenvalue weighted by Gasteiger charge is -2.11. The number of hydrogen-bond donors (Lipinski definition) is 1. The van der Waals surface area contributed by atoms with Crippen LogP contribution in [0.4, 0.5) is 0 Å². The van der Waals surface area contributed by atoms with Crippen LogP contribution in [0.25, 0.3) is 0 Å². The zero-order valence-corrected chi connectivity index (χ0v) is 17.5. The molecule has 2 rings (SSSR count). The summed E-state index contributed by atoms with van der Waals surface area (Å²) in [5.74, 6) is 0.408. The van der Waals surface area contributed by atoms with Crippen LogP contribution in [0.3, 0.4) is 0 Å². The number of amides is 1. The number of hydrazone groups is 1. The number of carbonyl (C=O) groups excluding carboxylic acids is 1. The van der Waals surface area contributed by atoms with Crippen LogP contribution in [0, 0.1) is 13.8 Å². The van der Waals surface area contributed by atoms with Crippen molar-refractivity contribution < 1.29 is 17.9 Å². The third-order valence-corrected chi connectivity index (χ3v) is 5.45. The standard InChI is InChI=1S/C20H25N3O4S/c1-14-6-7-15(2)19(12-14)28(25,26)22-21-16(3)17-8-10-18(11-9-17)27-13-20(24)23(4)5/h6-12,22H,13H2,1-5H3/b21-16+. The zero-order chi connectivity index (χ0) is 20.9. The lowest BCUT2D eigenvalue weighted by atomic mass is 10.1. The predicted octanol–water partition coefficient (Wildman–Crippen LogP) is 2.47. The van der Waals surface area contributed by atoms with Gasteiger partial charge in [0.05, 0.1) is 10.6 Å². The molecular formula is C20H25N3O4S. The number of aryl methyl sites for hydroxylation is 2. The molecule has 1 amide bonds. The Labute approximate surface area is 166 Å². The third-order valence-electron chi connectivity index (χ3n) is 4.10. The second kappa shape index (κ2) is 8.88. The van der Waals surface area contributed by atoms with E-state index in [1.165, 1.54) is 4.90 Å². The van der Waals surface area contributed by atoms with E-state index in [1.54, 1.807) is 64.3 Å². The number of ether oxygens (including phenoxy) is 1. The Kier molecular flexibility index (Phi) is 6.80. The van der Waals surface area contributed by atoms with Gasteiger partial charge in [-0.2, -0.15) is 18.4 Å². The molecule has 7 nitrogen and oxygen atoms in total. The van der Waals surface area contributed by atoms with E-state index in [9.17, 15) is 13.2 Å². The van der Waals surface area contributed by atoms with Gasteiger partial charge >= 0.3 is 0 Å². The van der Waals surface area contributed by atoms with Crippen molar-refractivity contribution in [2.75, 3.05) is 20.7 Å². The van der Waals surface area contributed by atoms with Crippen molar-refractivity contribution in [1.82, 2.24) is 9.73 Å². The summed E-state index contributed by atoms with van der Waals surface area (Å²) >= 11 is 0. The highest BCUT2D eigenvalue weighted by Gasteiger charge is 2.16. The van der Waals surface area contributed by atoms with Gasteiger partial charge in [-0.15, -0.1) is 0 Å². The zero-order valence-electron chi connectivity index (χ0n) is 16.7. The Morgan fingerprint density at radius 1 is 1.11 bits per heavy atom. The Morgan fingerprint density at radius 2 is 1.75 bits per heavy atom. The number of sulfonamides is 1. The summed E-state index contributed by atoms with van der Waals surface area (Å²) in [5, 5.41) is 4.02. The minimum absolute atomic E-state index is 0.0466. The second-order valence-corrected chi connectivity index (χ2v) is 8.29. The first kappa shape index (κ1) is 21.4. The van der Waals surface area contributed by atoms with Crippen molar-refractivity contribution in [1.29, 1.82) is 0 Å². The molecule has 0 atom stereocenters. The molecule has 0 fully saturated rings. The number of nitrogens with one attached hydrogen (secondary N) is 1. The van der Waals surface area contributed by atoms with Gasteiger partial charge in [0, 0.05) is 14.1 Å². The molecule has 0 spiro atoms. The normalized spacial score (nSPS) is 11.8. The van der Waals surface area contributed by atoms with Crippen LogP contribution >= 0.6 is 0 Å². The molecule has 0 aromatic heterocycles. The molecule has 2 aromatic rings. The molecule has 0 saturated heterocycles. The van der Waals surface area contributed by atoms with E-state index in [4.69, 9.17) is 4.74 Å². The Bertz CT molecular complexity index is 981. The first-order valence-corrected chi connectivity index (χ1v) is 10.1. The molecule has 0 aliphatic heterocycles. The smallest absolute Gasteiger partial charge is 0.276 e. The van der Waals surface area contributed by atoms with Gasteiger partial charge in [0.2, 0.25) is 0 Å². The maximum absolute atomic E-state index is 12.5. The number of carbonyl (C=O) groups is 1. The molecule has 2 aromatic carbocycles.